The molecule has 1 unspecified atom stereocenters. The third-order valence-electron chi connectivity index (χ3n) is 2.12. The molecule has 0 bridgehead atoms. The van der Waals surface area contributed by atoms with Crippen molar-refractivity contribution in [3.63, 3.8) is 0 Å². The van der Waals surface area contributed by atoms with Gasteiger partial charge in [0.2, 0.25) is 0 Å². The van der Waals surface area contributed by atoms with Crippen LogP contribution in [0.4, 0.5) is 4.39 Å². The molecule has 0 aromatic carbocycles. The number of pyridine rings is 1. The zero-order valence-corrected chi connectivity index (χ0v) is 8.63. The van der Waals surface area contributed by atoms with Crippen molar-refractivity contribution in [1.82, 2.24) is 15.0 Å². The summed E-state index contributed by atoms with van der Waals surface area (Å²) in [6, 6.07) is 1.22. The summed E-state index contributed by atoms with van der Waals surface area (Å²) in [5.41, 5.74) is 1.49. The maximum absolute atomic E-state index is 12.9. The molecule has 0 amide bonds. The Labute approximate surface area is 91.8 Å². The summed E-state index contributed by atoms with van der Waals surface area (Å²) < 4.78 is 12.9. The number of rotatable bonds is 2. The maximum atomic E-state index is 12.9. The first-order valence-corrected chi connectivity index (χ1v) is 4.74. The van der Waals surface area contributed by atoms with Crippen LogP contribution in [0.1, 0.15) is 23.1 Å². The third kappa shape index (κ3) is 2.20. The Bertz CT molecular complexity index is 487. The fourth-order valence-corrected chi connectivity index (χ4v) is 1.29. The minimum absolute atomic E-state index is 0.359. The van der Waals surface area contributed by atoms with E-state index in [1.165, 1.54) is 18.5 Å². The van der Waals surface area contributed by atoms with E-state index < -0.39 is 11.9 Å². The molecular formula is C11H10FN3O. The molecule has 0 radical (unpaired) electrons. The Morgan fingerprint density at radius 1 is 1.19 bits per heavy atom. The predicted octanol–water partition coefficient (Wildman–Crippen LogP) is 1.40. The Kier molecular flexibility index (Phi) is 2.87. The highest BCUT2D eigenvalue weighted by molar-refractivity contribution is 5.21. The van der Waals surface area contributed by atoms with Crippen molar-refractivity contribution in [2.24, 2.45) is 0 Å². The van der Waals surface area contributed by atoms with Crippen LogP contribution in [0.15, 0.2) is 30.9 Å². The van der Waals surface area contributed by atoms with Gasteiger partial charge in [-0.05, 0) is 13.0 Å². The number of nitrogens with zero attached hydrogens (tertiary/aromatic N) is 3. The van der Waals surface area contributed by atoms with E-state index in [2.05, 4.69) is 15.0 Å². The summed E-state index contributed by atoms with van der Waals surface area (Å²) in [7, 11) is 0. The number of aryl methyl sites for hydroxylation is 1. The third-order valence-corrected chi connectivity index (χ3v) is 2.12. The molecule has 0 spiro atoms. The minimum atomic E-state index is -1.00. The van der Waals surface area contributed by atoms with Crippen LogP contribution in [0, 0.1) is 12.7 Å². The second-order valence-electron chi connectivity index (χ2n) is 3.42. The lowest BCUT2D eigenvalue weighted by Crippen LogP contribution is -2.04. The Morgan fingerprint density at radius 3 is 2.62 bits per heavy atom. The molecule has 2 aromatic rings. The summed E-state index contributed by atoms with van der Waals surface area (Å²) >= 11 is 0. The average molecular weight is 219 g/mol. The van der Waals surface area contributed by atoms with Gasteiger partial charge in [0, 0.05) is 18.0 Å². The Balaban J connectivity index is 2.31. The first-order chi connectivity index (χ1) is 7.66. The first-order valence-electron chi connectivity index (χ1n) is 4.74. The number of halogens is 1. The van der Waals surface area contributed by atoms with E-state index in [0.717, 1.165) is 11.9 Å². The smallest absolute Gasteiger partial charge is 0.141 e. The predicted molar refractivity (Wildman–Crippen MR) is 55.0 cm³/mol. The zero-order chi connectivity index (χ0) is 11.5. The molecule has 2 aromatic heterocycles. The van der Waals surface area contributed by atoms with Crippen LogP contribution in [-0.2, 0) is 0 Å². The van der Waals surface area contributed by atoms with Gasteiger partial charge in [0.15, 0.2) is 0 Å². The average Bonchev–Trinajstić information content (AvgIpc) is 2.29. The molecule has 2 heterocycles. The van der Waals surface area contributed by atoms with Crippen LogP contribution < -0.4 is 0 Å². The maximum Gasteiger partial charge on any atom is 0.141 e. The molecule has 5 heteroatoms. The summed E-state index contributed by atoms with van der Waals surface area (Å²) in [6.45, 7) is 1.80. The number of hydrogen-bond donors (Lipinski definition) is 1. The second kappa shape index (κ2) is 4.32. The van der Waals surface area contributed by atoms with Gasteiger partial charge in [-0.1, -0.05) is 0 Å². The highest BCUT2D eigenvalue weighted by Crippen LogP contribution is 2.18. The van der Waals surface area contributed by atoms with Crippen LogP contribution >= 0.6 is 0 Å². The van der Waals surface area contributed by atoms with Gasteiger partial charge in [0.25, 0.3) is 0 Å². The lowest BCUT2D eigenvalue weighted by molar-refractivity contribution is 0.213. The normalized spacial score (nSPS) is 12.4. The van der Waals surface area contributed by atoms with E-state index in [1.54, 1.807) is 13.1 Å². The van der Waals surface area contributed by atoms with Crippen LogP contribution in [0.3, 0.4) is 0 Å². The number of aliphatic hydroxyl groups is 1. The molecule has 0 saturated heterocycles. The van der Waals surface area contributed by atoms with Gasteiger partial charge in [0.1, 0.15) is 11.9 Å². The van der Waals surface area contributed by atoms with Crippen molar-refractivity contribution < 1.29 is 9.50 Å². The first kappa shape index (κ1) is 10.6. The van der Waals surface area contributed by atoms with Gasteiger partial charge in [-0.25, -0.2) is 4.39 Å². The lowest BCUT2D eigenvalue weighted by Gasteiger charge is -2.09. The van der Waals surface area contributed by atoms with E-state index in [1.807, 2.05) is 0 Å². The molecule has 4 nitrogen and oxygen atoms in total. The molecule has 0 aliphatic heterocycles. The quantitative estimate of drug-likeness (QED) is 0.829. The van der Waals surface area contributed by atoms with Crippen LogP contribution in [0.25, 0.3) is 0 Å². The van der Waals surface area contributed by atoms with Gasteiger partial charge in [-0.2, -0.15) is 0 Å². The highest BCUT2D eigenvalue weighted by atomic mass is 19.1. The summed E-state index contributed by atoms with van der Waals surface area (Å²) in [4.78, 5) is 11.7. The van der Waals surface area contributed by atoms with E-state index in [4.69, 9.17) is 0 Å². The molecule has 0 aliphatic rings. The fourth-order valence-electron chi connectivity index (χ4n) is 1.29. The molecule has 1 atom stereocenters. The van der Waals surface area contributed by atoms with E-state index in [9.17, 15) is 9.50 Å². The van der Waals surface area contributed by atoms with E-state index >= 15 is 0 Å². The topological polar surface area (TPSA) is 58.9 Å². The van der Waals surface area contributed by atoms with Crippen molar-refractivity contribution >= 4 is 0 Å². The minimum Gasteiger partial charge on any atom is -0.382 e. The molecule has 0 fully saturated rings. The molecule has 0 saturated carbocycles. The van der Waals surface area contributed by atoms with Crippen molar-refractivity contribution in [1.29, 1.82) is 0 Å². The molecule has 16 heavy (non-hydrogen) atoms. The van der Waals surface area contributed by atoms with Crippen molar-refractivity contribution in [2.75, 3.05) is 0 Å². The van der Waals surface area contributed by atoms with Crippen molar-refractivity contribution in [3.8, 4) is 0 Å². The summed E-state index contributed by atoms with van der Waals surface area (Å²) in [5.74, 6) is -0.489. The van der Waals surface area contributed by atoms with Gasteiger partial charge in [-0.15, -0.1) is 0 Å². The number of aliphatic hydroxyl groups excluding tert-OH is 1. The molecule has 1 N–H and O–H groups in total. The van der Waals surface area contributed by atoms with Gasteiger partial charge in [0.05, 0.1) is 23.8 Å². The highest BCUT2D eigenvalue weighted by Gasteiger charge is 2.13. The SMILES string of the molecule is Cc1cnc(C(O)c2cncc(F)c2)cn1. The fraction of sp³-hybridized carbons (Fsp3) is 0.182. The molecule has 0 aliphatic carbocycles. The van der Waals surface area contributed by atoms with Crippen LogP contribution in [0.5, 0.6) is 0 Å². The van der Waals surface area contributed by atoms with Gasteiger partial charge >= 0.3 is 0 Å². The summed E-state index contributed by atoms with van der Waals surface area (Å²) in [6.07, 6.45) is 4.49. The lowest BCUT2D eigenvalue weighted by atomic mass is 10.1. The second-order valence-corrected chi connectivity index (χ2v) is 3.42. The monoisotopic (exact) mass is 219 g/mol. The molecule has 82 valence electrons. The van der Waals surface area contributed by atoms with Gasteiger partial charge in [-0.3, -0.25) is 15.0 Å². The van der Waals surface area contributed by atoms with Crippen LogP contribution in [-0.4, -0.2) is 20.1 Å². The summed E-state index contributed by atoms with van der Waals surface area (Å²) in [5, 5.41) is 9.90. The number of aromatic nitrogens is 3. The van der Waals surface area contributed by atoms with E-state index in [-0.39, 0.29) is 0 Å². The molecule has 2 rings (SSSR count). The Morgan fingerprint density at radius 2 is 2.00 bits per heavy atom. The van der Waals surface area contributed by atoms with E-state index in [0.29, 0.717) is 11.3 Å². The zero-order valence-electron chi connectivity index (χ0n) is 8.63. The molecular weight excluding hydrogens is 209 g/mol. The van der Waals surface area contributed by atoms with Gasteiger partial charge < -0.3 is 5.11 Å². The largest absolute Gasteiger partial charge is 0.382 e. The van der Waals surface area contributed by atoms with Crippen LogP contribution in [0.2, 0.25) is 0 Å². The van der Waals surface area contributed by atoms with Crippen molar-refractivity contribution in [2.45, 2.75) is 13.0 Å². The van der Waals surface area contributed by atoms with Crippen molar-refractivity contribution in [3.05, 3.63) is 53.6 Å². The Hall–Kier alpha value is -1.88. The standard InChI is InChI=1S/C11H10FN3O/c1-7-3-15-10(6-14-7)11(16)8-2-9(12)5-13-4-8/h2-6,11,16H,1H3. The number of hydrogen-bond acceptors (Lipinski definition) is 4.